The lowest BCUT2D eigenvalue weighted by atomic mass is 10.0. The maximum absolute atomic E-state index is 10.9. The summed E-state index contributed by atoms with van der Waals surface area (Å²) in [4.78, 5) is 21.5. The molecule has 0 saturated carbocycles. The van der Waals surface area contributed by atoms with Gasteiger partial charge in [-0.1, -0.05) is 0 Å². The van der Waals surface area contributed by atoms with Crippen LogP contribution >= 0.6 is 0 Å². The molecule has 1 aromatic rings. The predicted octanol–water partition coefficient (Wildman–Crippen LogP) is 1.35. The van der Waals surface area contributed by atoms with Crippen LogP contribution in [0.15, 0.2) is 6.07 Å². The van der Waals surface area contributed by atoms with E-state index in [4.69, 9.17) is 0 Å². The molecule has 0 aliphatic rings. The maximum Gasteiger partial charge on any atom is 0.153 e. The minimum Gasteiger partial charge on any atom is -0.507 e. The van der Waals surface area contributed by atoms with Crippen LogP contribution in [-0.2, 0) is 11.2 Å². The SMILES string of the molecule is CC(=O)Cc1cc(C=O)c(O)c(C)c1O. The van der Waals surface area contributed by atoms with Crippen LogP contribution in [0.2, 0.25) is 0 Å². The fraction of sp³-hybridized carbons (Fsp3) is 0.273. The summed E-state index contributed by atoms with van der Waals surface area (Å²) in [7, 11) is 0. The highest BCUT2D eigenvalue weighted by Crippen LogP contribution is 2.32. The molecule has 0 heterocycles. The van der Waals surface area contributed by atoms with Crippen LogP contribution in [0, 0.1) is 6.92 Å². The van der Waals surface area contributed by atoms with Crippen molar-refractivity contribution in [1.82, 2.24) is 0 Å². The Hall–Kier alpha value is -1.84. The van der Waals surface area contributed by atoms with Crippen molar-refractivity contribution in [2.24, 2.45) is 0 Å². The average molecular weight is 208 g/mol. The molecule has 0 aliphatic heterocycles. The van der Waals surface area contributed by atoms with Crippen molar-refractivity contribution in [3.63, 3.8) is 0 Å². The van der Waals surface area contributed by atoms with Crippen LogP contribution in [0.25, 0.3) is 0 Å². The van der Waals surface area contributed by atoms with Gasteiger partial charge in [-0.15, -0.1) is 0 Å². The molecule has 0 radical (unpaired) electrons. The first kappa shape index (κ1) is 11.2. The summed E-state index contributed by atoms with van der Waals surface area (Å²) in [5, 5.41) is 19.1. The van der Waals surface area contributed by atoms with Crippen LogP contribution in [0.3, 0.4) is 0 Å². The molecule has 2 N–H and O–H groups in total. The van der Waals surface area contributed by atoms with E-state index in [9.17, 15) is 19.8 Å². The fourth-order valence-electron chi connectivity index (χ4n) is 1.39. The van der Waals surface area contributed by atoms with Crippen LogP contribution in [0.5, 0.6) is 11.5 Å². The number of phenols is 2. The van der Waals surface area contributed by atoms with Crippen LogP contribution in [0.4, 0.5) is 0 Å². The lowest BCUT2D eigenvalue weighted by Crippen LogP contribution is -1.99. The molecule has 80 valence electrons. The van der Waals surface area contributed by atoms with Crippen LogP contribution in [0.1, 0.15) is 28.4 Å². The Balaban J connectivity index is 3.34. The minimum atomic E-state index is -0.241. The van der Waals surface area contributed by atoms with Crippen LogP contribution < -0.4 is 0 Å². The Morgan fingerprint density at radius 1 is 1.40 bits per heavy atom. The highest BCUT2D eigenvalue weighted by Gasteiger charge is 2.14. The number of Topliss-reactive ketones (excluding diaryl/α,β-unsaturated/α-hetero) is 1. The highest BCUT2D eigenvalue weighted by atomic mass is 16.3. The summed E-state index contributed by atoms with van der Waals surface area (Å²) < 4.78 is 0. The zero-order chi connectivity index (χ0) is 11.6. The number of aromatic hydroxyl groups is 2. The standard InChI is InChI=1S/C11H12O4/c1-6(13)3-8-4-9(5-12)11(15)7(2)10(8)14/h4-5,14-15H,3H2,1-2H3. The summed E-state index contributed by atoms with van der Waals surface area (Å²) in [6.45, 7) is 2.88. The number of rotatable bonds is 3. The summed E-state index contributed by atoms with van der Waals surface area (Å²) in [6, 6.07) is 1.33. The molecule has 0 bridgehead atoms. The van der Waals surface area contributed by atoms with Gasteiger partial charge in [-0.3, -0.25) is 9.59 Å². The van der Waals surface area contributed by atoms with E-state index in [0.29, 0.717) is 11.8 Å². The lowest BCUT2D eigenvalue weighted by Gasteiger charge is -2.09. The van der Waals surface area contributed by atoms with Gasteiger partial charge in [0, 0.05) is 17.5 Å². The molecular formula is C11H12O4. The van der Waals surface area contributed by atoms with Crippen molar-refractivity contribution < 1.29 is 19.8 Å². The van der Waals surface area contributed by atoms with Crippen molar-refractivity contribution in [3.05, 3.63) is 22.8 Å². The molecule has 0 spiro atoms. The lowest BCUT2D eigenvalue weighted by molar-refractivity contribution is -0.116. The monoisotopic (exact) mass is 208 g/mol. The topological polar surface area (TPSA) is 74.6 Å². The first-order valence-corrected chi connectivity index (χ1v) is 4.46. The van der Waals surface area contributed by atoms with Gasteiger partial charge in [0.05, 0.1) is 5.56 Å². The second kappa shape index (κ2) is 4.13. The molecule has 0 amide bonds. The van der Waals surface area contributed by atoms with E-state index in [2.05, 4.69) is 0 Å². The van der Waals surface area contributed by atoms with Gasteiger partial charge in [0.1, 0.15) is 17.3 Å². The number of hydrogen-bond donors (Lipinski definition) is 2. The number of carbonyl (C=O) groups excluding carboxylic acids is 2. The van der Waals surface area contributed by atoms with Gasteiger partial charge in [-0.05, 0) is 19.9 Å². The molecule has 4 heteroatoms. The fourth-order valence-corrected chi connectivity index (χ4v) is 1.39. The third-order valence-corrected chi connectivity index (χ3v) is 2.18. The second-order valence-electron chi connectivity index (χ2n) is 3.44. The Labute approximate surface area is 87.2 Å². The molecule has 0 aliphatic carbocycles. The summed E-state index contributed by atoms with van der Waals surface area (Å²) in [5.74, 6) is -0.490. The van der Waals surface area contributed by atoms with Gasteiger partial charge in [0.15, 0.2) is 6.29 Å². The first-order chi connectivity index (χ1) is 6.97. The summed E-state index contributed by atoms with van der Waals surface area (Å²) in [5.41, 5.74) is 0.664. The number of aldehydes is 1. The number of carbonyl (C=O) groups is 2. The molecule has 0 fully saturated rings. The van der Waals surface area contributed by atoms with Gasteiger partial charge >= 0.3 is 0 Å². The van der Waals surface area contributed by atoms with E-state index in [1.807, 2.05) is 0 Å². The molecular weight excluding hydrogens is 196 g/mol. The molecule has 0 aromatic heterocycles. The smallest absolute Gasteiger partial charge is 0.153 e. The number of benzene rings is 1. The molecule has 4 nitrogen and oxygen atoms in total. The Bertz CT molecular complexity index is 421. The minimum absolute atomic E-state index is 0.0494. The Morgan fingerprint density at radius 2 is 2.00 bits per heavy atom. The quantitative estimate of drug-likeness (QED) is 0.735. The van der Waals surface area contributed by atoms with E-state index < -0.39 is 0 Å². The maximum atomic E-state index is 10.9. The van der Waals surface area contributed by atoms with Crippen molar-refractivity contribution in [2.75, 3.05) is 0 Å². The molecule has 0 saturated heterocycles. The van der Waals surface area contributed by atoms with Crippen molar-refractivity contribution in [2.45, 2.75) is 20.3 Å². The van der Waals surface area contributed by atoms with Crippen molar-refractivity contribution in [1.29, 1.82) is 0 Å². The molecule has 15 heavy (non-hydrogen) atoms. The van der Waals surface area contributed by atoms with E-state index in [1.54, 1.807) is 0 Å². The van der Waals surface area contributed by atoms with Crippen molar-refractivity contribution >= 4 is 12.1 Å². The number of ketones is 1. The Kier molecular flexibility index (Phi) is 3.09. The third-order valence-electron chi connectivity index (χ3n) is 2.18. The third kappa shape index (κ3) is 2.15. The molecule has 0 atom stereocenters. The molecule has 1 aromatic carbocycles. The van der Waals surface area contributed by atoms with Gasteiger partial charge in [0.2, 0.25) is 0 Å². The van der Waals surface area contributed by atoms with Crippen LogP contribution in [-0.4, -0.2) is 22.3 Å². The zero-order valence-corrected chi connectivity index (χ0v) is 8.57. The van der Waals surface area contributed by atoms with Gasteiger partial charge in [-0.2, -0.15) is 0 Å². The zero-order valence-electron chi connectivity index (χ0n) is 8.57. The largest absolute Gasteiger partial charge is 0.507 e. The van der Waals surface area contributed by atoms with Gasteiger partial charge in [0.25, 0.3) is 0 Å². The van der Waals surface area contributed by atoms with E-state index in [-0.39, 0.29) is 34.8 Å². The summed E-state index contributed by atoms with van der Waals surface area (Å²) >= 11 is 0. The highest BCUT2D eigenvalue weighted by molar-refractivity contribution is 5.84. The predicted molar refractivity (Wildman–Crippen MR) is 54.3 cm³/mol. The van der Waals surface area contributed by atoms with Gasteiger partial charge in [-0.25, -0.2) is 0 Å². The first-order valence-electron chi connectivity index (χ1n) is 4.46. The van der Waals surface area contributed by atoms with E-state index in [1.165, 1.54) is 19.9 Å². The van der Waals surface area contributed by atoms with Gasteiger partial charge < -0.3 is 10.2 Å². The Morgan fingerprint density at radius 3 is 2.47 bits per heavy atom. The molecule has 1 rings (SSSR count). The summed E-state index contributed by atoms with van der Waals surface area (Å²) in [6.07, 6.45) is 0.541. The average Bonchev–Trinajstić information content (AvgIpc) is 2.18. The molecule has 0 unspecified atom stereocenters. The number of phenolic OH excluding ortho intramolecular Hbond substituents is 2. The van der Waals surface area contributed by atoms with Crippen molar-refractivity contribution in [3.8, 4) is 11.5 Å². The van der Waals surface area contributed by atoms with E-state index >= 15 is 0 Å². The van der Waals surface area contributed by atoms with E-state index in [0.717, 1.165) is 0 Å². The normalized spacial score (nSPS) is 10.0. The second-order valence-corrected chi connectivity index (χ2v) is 3.44. The number of hydrogen-bond acceptors (Lipinski definition) is 4.